The van der Waals surface area contributed by atoms with Crippen LogP contribution in [0.15, 0.2) is 12.1 Å². The number of nitrogens with zero attached hydrogens (tertiary/aromatic N) is 3. The summed E-state index contributed by atoms with van der Waals surface area (Å²) in [5.41, 5.74) is 5.30. The maximum atomic E-state index is 10.6. The van der Waals surface area contributed by atoms with Crippen LogP contribution in [0.2, 0.25) is 0 Å². The van der Waals surface area contributed by atoms with Crippen LogP contribution in [0, 0.1) is 10.1 Å². The van der Waals surface area contributed by atoms with Gasteiger partial charge in [-0.1, -0.05) is 0 Å². The van der Waals surface area contributed by atoms with E-state index in [-0.39, 0.29) is 11.5 Å². The summed E-state index contributed by atoms with van der Waals surface area (Å²) < 4.78 is 5.50. The van der Waals surface area contributed by atoms with Gasteiger partial charge in [0.25, 0.3) is 0 Å². The molecule has 0 aromatic carbocycles. The molecule has 112 valence electrons. The van der Waals surface area contributed by atoms with Crippen LogP contribution >= 0.6 is 0 Å². The molecule has 0 bridgehead atoms. The third kappa shape index (κ3) is 4.34. The van der Waals surface area contributed by atoms with Crippen molar-refractivity contribution in [2.45, 2.75) is 39.8 Å². The Labute approximate surface area is 118 Å². The molecule has 0 amide bonds. The number of rotatable bonds is 7. The molecule has 2 N–H and O–H groups in total. The lowest BCUT2D eigenvalue weighted by Crippen LogP contribution is -2.39. The minimum absolute atomic E-state index is 0.128. The van der Waals surface area contributed by atoms with Crippen molar-refractivity contribution in [1.82, 2.24) is 9.88 Å². The van der Waals surface area contributed by atoms with Gasteiger partial charge in [0.05, 0.1) is 4.92 Å². The highest BCUT2D eigenvalue weighted by Crippen LogP contribution is 2.21. The van der Waals surface area contributed by atoms with Gasteiger partial charge in [-0.2, -0.15) is 4.98 Å². The van der Waals surface area contributed by atoms with E-state index >= 15 is 0 Å². The number of nitrogen functional groups attached to an aromatic ring is 1. The van der Waals surface area contributed by atoms with Gasteiger partial charge in [-0.3, -0.25) is 15.0 Å². The van der Waals surface area contributed by atoms with Gasteiger partial charge in [-0.15, -0.1) is 0 Å². The van der Waals surface area contributed by atoms with Crippen molar-refractivity contribution in [3.05, 3.63) is 22.2 Å². The Balaban J connectivity index is 2.58. The summed E-state index contributed by atoms with van der Waals surface area (Å²) in [7, 11) is 0. The van der Waals surface area contributed by atoms with Crippen LogP contribution in [-0.4, -0.2) is 40.0 Å². The Hall–Kier alpha value is -1.89. The third-order valence-electron chi connectivity index (χ3n) is 3.00. The van der Waals surface area contributed by atoms with Crippen LogP contribution in [0.3, 0.4) is 0 Å². The highest BCUT2D eigenvalue weighted by atomic mass is 16.6. The molecule has 1 rings (SSSR count). The Bertz CT molecular complexity index is 455. The third-order valence-corrected chi connectivity index (χ3v) is 3.00. The average molecular weight is 282 g/mol. The molecule has 0 spiro atoms. The molecule has 0 aliphatic carbocycles. The molecule has 0 aliphatic rings. The van der Waals surface area contributed by atoms with Crippen molar-refractivity contribution >= 4 is 11.5 Å². The summed E-state index contributed by atoms with van der Waals surface area (Å²) in [5.74, 6) is 0.178. The lowest BCUT2D eigenvalue weighted by Gasteiger charge is -2.30. The van der Waals surface area contributed by atoms with Crippen molar-refractivity contribution < 1.29 is 9.66 Å². The molecule has 0 aliphatic heterocycles. The molecule has 20 heavy (non-hydrogen) atoms. The fraction of sp³-hybridized carbons (Fsp3) is 0.615. The van der Waals surface area contributed by atoms with E-state index < -0.39 is 4.92 Å². The molecule has 1 aromatic rings. The SMILES string of the molecule is CC(C)N(CCOc1ccc([N+](=O)[O-])c(N)n1)C(C)C. The second kappa shape index (κ2) is 7.04. The molecular weight excluding hydrogens is 260 g/mol. The van der Waals surface area contributed by atoms with E-state index in [9.17, 15) is 10.1 Å². The molecule has 0 unspecified atom stereocenters. The number of nitrogens with two attached hydrogens (primary N) is 1. The second-order valence-electron chi connectivity index (χ2n) is 5.08. The van der Waals surface area contributed by atoms with Crippen LogP contribution in [0.25, 0.3) is 0 Å². The number of nitro groups is 1. The van der Waals surface area contributed by atoms with E-state index in [0.717, 1.165) is 6.54 Å². The molecule has 0 radical (unpaired) electrons. The van der Waals surface area contributed by atoms with Crippen LogP contribution in [0.4, 0.5) is 11.5 Å². The second-order valence-corrected chi connectivity index (χ2v) is 5.08. The highest BCUT2D eigenvalue weighted by molar-refractivity contribution is 5.53. The summed E-state index contributed by atoms with van der Waals surface area (Å²) in [6.07, 6.45) is 0. The highest BCUT2D eigenvalue weighted by Gasteiger charge is 2.15. The number of pyridine rings is 1. The lowest BCUT2D eigenvalue weighted by atomic mass is 10.2. The summed E-state index contributed by atoms with van der Waals surface area (Å²) in [6.45, 7) is 9.73. The topological polar surface area (TPSA) is 94.5 Å². The number of aromatic nitrogens is 1. The lowest BCUT2D eigenvalue weighted by molar-refractivity contribution is -0.384. The predicted octanol–water partition coefficient (Wildman–Crippen LogP) is 2.07. The van der Waals surface area contributed by atoms with E-state index in [1.807, 2.05) is 0 Å². The van der Waals surface area contributed by atoms with E-state index in [2.05, 4.69) is 37.6 Å². The normalized spacial score (nSPS) is 11.3. The fourth-order valence-corrected chi connectivity index (χ4v) is 2.05. The Kier molecular flexibility index (Phi) is 5.69. The molecule has 7 heteroatoms. The first-order valence-corrected chi connectivity index (χ1v) is 6.62. The molecular formula is C13H22N4O3. The van der Waals surface area contributed by atoms with Crippen LogP contribution in [-0.2, 0) is 0 Å². The van der Waals surface area contributed by atoms with Gasteiger partial charge in [-0.05, 0) is 27.7 Å². The van der Waals surface area contributed by atoms with Gasteiger partial charge in [0.2, 0.25) is 11.7 Å². The van der Waals surface area contributed by atoms with Crippen molar-refractivity contribution in [1.29, 1.82) is 0 Å². The number of hydrogen-bond donors (Lipinski definition) is 1. The van der Waals surface area contributed by atoms with Gasteiger partial charge in [0.15, 0.2) is 0 Å². The summed E-state index contributed by atoms with van der Waals surface area (Å²) in [5, 5.41) is 10.6. The van der Waals surface area contributed by atoms with Crippen molar-refractivity contribution in [2.75, 3.05) is 18.9 Å². The van der Waals surface area contributed by atoms with E-state index in [4.69, 9.17) is 10.5 Å². The quantitative estimate of drug-likeness (QED) is 0.607. The van der Waals surface area contributed by atoms with Gasteiger partial charge >= 0.3 is 5.69 Å². The molecule has 7 nitrogen and oxygen atoms in total. The smallest absolute Gasteiger partial charge is 0.311 e. The van der Waals surface area contributed by atoms with Crippen LogP contribution in [0.1, 0.15) is 27.7 Å². The maximum absolute atomic E-state index is 10.6. The van der Waals surface area contributed by atoms with E-state index in [1.54, 1.807) is 0 Å². The standard InChI is InChI=1S/C13H22N4O3/c1-9(2)16(10(3)4)7-8-20-12-6-5-11(17(18)19)13(14)15-12/h5-6,9-10H,7-8H2,1-4H3,(H2,14,15). The zero-order valence-electron chi connectivity index (χ0n) is 12.4. The summed E-state index contributed by atoms with van der Waals surface area (Å²) >= 11 is 0. The molecule has 0 fully saturated rings. The van der Waals surface area contributed by atoms with Gasteiger partial charge in [-0.25, -0.2) is 0 Å². The average Bonchev–Trinajstić information content (AvgIpc) is 2.33. The fourth-order valence-electron chi connectivity index (χ4n) is 2.05. The van der Waals surface area contributed by atoms with Gasteiger partial charge in [0.1, 0.15) is 6.61 Å². The maximum Gasteiger partial charge on any atom is 0.311 e. The number of hydrogen-bond acceptors (Lipinski definition) is 6. The zero-order valence-corrected chi connectivity index (χ0v) is 12.4. The first kappa shape index (κ1) is 16.2. The molecule has 1 heterocycles. The van der Waals surface area contributed by atoms with Crippen molar-refractivity contribution in [2.24, 2.45) is 0 Å². The monoisotopic (exact) mass is 282 g/mol. The Morgan fingerprint density at radius 3 is 2.40 bits per heavy atom. The largest absolute Gasteiger partial charge is 0.476 e. The summed E-state index contributed by atoms with van der Waals surface area (Å²) in [4.78, 5) is 16.2. The first-order valence-electron chi connectivity index (χ1n) is 6.62. The Morgan fingerprint density at radius 1 is 1.35 bits per heavy atom. The van der Waals surface area contributed by atoms with Crippen molar-refractivity contribution in [3.63, 3.8) is 0 Å². The van der Waals surface area contributed by atoms with E-state index in [0.29, 0.717) is 24.6 Å². The molecule has 0 saturated carbocycles. The van der Waals surface area contributed by atoms with Crippen molar-refractivity contribution in [3.8, 4) is 5.88 Å². The molecule has 1 aromatic heterocycles. The first-order chi connectivity index (χ1) is 9.32. The van der Waals surface area contributed by atoms with Crippen LogP contribution in [0.5, 0.6) is 5.88 Å². The summed E-state index contributed by atoms with van der Waals surface area (Å²) in [6, 6.07) is 3.62. The molecule has 0 atom stereocenters. The Morgan fingerprint density at radius 2 is 1.95 bits per heavy atom. The van der Waals surface area contributed by atoms with Crippen LogP contribution < -0.4 is 10.5 Å². The molecule has 0 saturated heterocycles. The predicted molar refractivity (Wildman–Crippen MR) is 77.8 cm³/mol. The zero-order chi connectivity index (χ0) is 15.3. The number of ether oxygens (including phenoxy) is 1. The van der Waals surface area contributed by atoms with Gasteiger partial charge in [0, 0.05) is 30.8 Å². The van der Waals surface area contributed by atoms with Gasteiger partial charge < -0.3 is 10.5 Å². The van der Waals surface area contributed by atoms with E-state index in [1.165, 1.54) is 12.1 Å². The minimum atomic E-state index is -0.564. The number of anilines is 1. The minimum Gasteiger partial charge on any atom is -0.476 e.